The van der Waals surface area contributed by atoms with Crippen LogP contribution in [0.15, 0.2) is 48.5 Å². The molecule has 2 aromatic rings. The first-order chi connectivity index (χ1) is 24.6. The van der Waals surface area contributed by atoms with Gasteiger partial charge in [-0.1, -0.05) is 141 Å². The van der Waals surface area contributed by atoms with Gasteiger partial charge >= 0.3 is 11.9 Å². The van der Waals surface area contributed by atoms with Gasteiger partial charge in [-0.2, -0.15) is 0 Å². The summed E-state index contributed by atoms with van der Waals surface area (Å²) in [5.41, 5.74) is 2.35. The number of unbranched alkanes of at least 4 members (excludes halogenated alkanes) is 16. The molecule has 7 heteroatoms. The third-order valence-corrected chi connectivity index (χ3v) is 9.23. The van der Waals surface area contributed by atoms with Crippen molar-refractivity contribution >= 4 is 11.9 Å². The van der Waals surface area contributed by atoms with E-state index >= 15 is 0 Å². The quantitative estimate of drug-likeness (QED) is 0.0441. The van der Waals surface area contributed by atoms with Crippen LogP contribution in [0, 0.1) is 0 Å². The highest BCUT2D eigenvalue weighted by Crippen LogP contribution is 2.20. The van der Waals surface area contributed by atoms with Crippen LogP contribution in [-0.4, -0.2) is 50.6 Å². The van der Waals surface area contributed by atoms with E-state index in [-0.39, 0.29) is 31.3 Å². The number of esters is 2. The summed E-state index contributed by atoms with van der Waals surface area (Å²) in [5.74, 6) is 1.03. The number of carbonyl (C=O) groups excluding carboxylic acids is 2. The second-order valence-corrected chi connectivity index (χ2v) is 14.0. The maximum atomic E-state index is 12.7. The van der Waals surface area contributed by atoms with E-state index in [1.54, 1.807) is 0 Å². The molecule has 0 bridgehead atoms. The van der Waals surface area contributed by atoms with Gasteiger partial charge in [0.25, 0.3) is 0 Å². The summed E-state index contributed by atoms with van der Waals surface area (Å²) in [6.07, 6.45) is 22.6. The van der Waals surface area contributed by atoms with Gasteiger partial charge in [0.05, 0.1) is 6.61 Å². The molecule has 0 aromatic heterocycles. The van der Waals surface area contributed by atoms with Crippen LogP contribution in [0.2, 0.25) is 0 Å². The minimum Gasteiger partial charge on any atom is -0.491 e. The van der Waals surface area contributed by atoms with Crippen LogP contribution in [0.25, 0.3) is 0 Å². The lowest BCUT2D eigenvalue weighted by Crippen LogP contribution is -2.31. The van der Waals surface area contributed by atoms with Gasteiger partial charge in [-0.25, -0.2) is 0 Å². The van der Waals surface area contributed by atoms with E-state index in [0.29, 0.717) is 25.2 Å². The van der Waals surface area contributed by atoms with Gasteiger partial charge in [-0.15, -0.1) is 0 Å². The molecule has 0 spiro atoms. The number of ether oxygens (including phenoxy) is 5. The molecule has 1 heterocycles. The number of hydrogen-bond donors (Lipinski definition) is 0. The molecule has 1 aliphatic rings. The summed E-state index contributed by atoms with van der Waals surface area (Å²) in [6.45, 7) is 5.99. The number of epoxide rings is 1. The highest BCUT2D eigenvalue weighted by Gasteiger charge is 2.23. The van der Waals surface area contributed by atoms with Crippen molar-refractivity contribution in [3.05, 3.63) is 59.7 Å². The molecule has 0 aliphatic carbocycles. The van der Waals surface area contributed by atoms with E-state index in [1.165, 1.54) is 82.6 Å². The second kappa shape index (κ2) is 26.7. The predicted octanol–water partition coefficient (Wildman–Crippen LogP) is 10.7. The normalized spacial score (nSPS) is 14.2. The first-order valence-corrected chi connectivity index (χ1v) is 20.0. The van der Waals surface area contributed by atoms with E-state index in [0.717, 1.165) is 62.9 Å². The van der Waals surface area contributed by atoms with Crippen LogP contribution in [-0.2, 0) is 30.2 Å². The maximum Gasteiger partial charge on any atom is 0.306 e. The zero-order valence-corrected chi connectivity index (χ0v) is 31.3. The van der Waals surface area contributed by atoms with E-state index in [4.69, 9.17) is 23.7 Å². The zero-order valence-electron chi connectivity index (χ0n) is 31.3. The van der Waals surface area contributed by atoms with E-state index < -0.39 is 6.10 Å². The molecular formula is C43H66O7. The van der Waals surface area contributed by atoms with Crippen LogP contribution in [0.5, 0.6) is 11.5 Å². The van der Waals surface area contributed by atoms with E-state index in [2.05, 4.69) is 26.0 Å². The molecule has 2 atom stereocenters. The van der Waals surface area contributed by atoms with Gasteiger partial charge in [-0.05, 0) is 54.7 Å². The molecule has 0 radical (unpaired) electrons. The first-order valence-electron chi connectivity index (χ1n) is 20.0. The number of benzene rings is 2. The molecule has 280 valence electrons. The number of rotatable bonds is 31. The van der Waals surface area contributed by atoms with Gasteiger partial charge in [0.2, 0.25) is 0 Å². The molecule has 2 aromatic carbocycles. The molecule has 1 aliphatic heterocycles. The summed E-state index contributed by atoms with van der Waals surface area (Å²) in [6, 6.07) is 16.1. The fourth-order valence-electron chi connectivity index (χ4n) is 5.96. The third kappa shape index (κ3) is 20.6. The number of hydrogen-bond acceptors (Lipinski definition) is 7. The molecule has 3 rings (SSSR count). The molecule has 0 amide bonds. The zero-order chi connectivity index (χ0) is 35.5. The van der Waals surface area contributed by atoms with Crippen LogP contribution in [0.4, 0.5) is 0 Å². The van der Waals surface area contributed by atoms with Crippen molar-refractivity contribution in [2.45, 2.75) is 161 Å². The summed E-state index contributed by atoms with van der Waals surface area (Å²) in [7, 11) is 0. The average molecular weight is 695 g/mol. The van der Waals surface area contributed by atoms with Crippen molar-refractivity contribution in [2.24, 2.45) is 0 Å². The lowest BCUT2D eigenvalue weighted by molar-refractivity contribution is -0.161. The third-order valence-electron chi connectivity index (χ3n) is 9.23. The van der Waals surface area contributed by atoms with Crippen molar-refractivity contribution in [3.8, 4) is 11.5 Å². The standard InChI is InChI=1S/C43H66O7/c1-3-5-7-9-11-13-15-17-19-21-42(44)49-35-41(50-43(45)22-20-18-16-14-12-10-8-6-4-2)34-47-39-29-25-37(26-30-39)31-36-23-27-38(28-24-36)46-32-40-33-48-40/h23-30,40-41H,3-22,31-35H2,1-2H3. The summed E-state index contributed by atoms with van der Waals surface area (Å²) >= 11 is 0. The van der Waals surface area contributed by atoms with E-state index in [9.17, 15) is 9.59 Å². The molecule has 7 nitrogen and oxygen atoms in total. The maximum absolute atomic E-state index is 12.7. The lowest BCUT2D eigenvalue weighted by Gasteiger charge is -2.19. The lowest BCUT2D eigenvalue weighted by atomic mass is 10.0. The minimum absolute atomic E-state index is 0.00519. The van der Waals surface area contributed by atoms with Crippen LogP contribution < -0.4 is 9.47 Å². The van der Waals surface area contributed by atoms with Gasteiger partial charge in [0.15, 0.2) is 6.10 Å². The molecule has 2 unspecified atom stereocenters. The van der Waals surface area contributed by atoms with Gasteiger partial charge in [-0.3, -0.25) is 9.59 Å². The van der Waals surface area contributed by atoms with Crippen molar-refractivity contribution in [3.63, 3.8) is 0 Å². The van der Waals surface area contributed by atoms with Gasteiger partial charge in [0, 0.05) is 12.8 Å². The predicted molar refractivity (Wildman–Crippen MR) is 201 cm³/mol. The number of carbonyl (C=O) groups is 2. The summed E-state index contributed by atoms with van der Waals surface area (Å²) < 4.78 is 28.3. The topological polar surface area (TPSA) is 83.6 Å². The van der Waals surface area contributed by atoms with Crippen molar-refractivity contribution < 1.29 is 33.3 Å². The molecule has 0 N–H and O–H groups in total. The Balaban J connectivity index is 1.39. The van der Waals surface area contributed by atoms with Crippen LogP contribution >= 0.6 is 0 Å². The SMILES string of the molecule is CCCCCCCCCCCC(=O)OCC(COc1ccc(Cc2ccc(OCC3CO3)cc2)cc1)OC(=O)CCCCCCCCCCC. The Labute approximate surface area is 303 Å². The fourth-order valence-corrected chi connectivity index (χ4v) is 5.96. The molecular weight excluding hydrogens is 628 g/mol. The second-order valence-electron chi connectivity index (χ2n) is 14.0. The van der Waals surface area contributed by atoms with Crippen molar-refractivity contribution in [2.75, 3.05) is 26.4 Å². The van der Waals surface area contributed by atoms with Crippen LogP contribution in [0.1, 0.15) is 153 Å². The fraction of sp³-hybridized carbons (Fsp3) is 0.674. The van der Waals surface area contributed by atoms with E-state index in [1.807, 2.05) is 36.4 Å². The summed E-state index contributed by atoms with van der Waals surface area (Å²) in [5, 5.41) is 0. The highest BCUT2D eigenvalue weighted by molar-refractivity contribution is 5.70. The molecule has 1 saturated heterocycles. The Bertz CT molecular complexity index is 1140. The highest BCUT2D eigenvalue weighted by atomic mass is 16.6. The molecule has 0 saturated carbocycles. The molecule has 1 fully saturated rings. The Morgan fingerprint density at radius 1 is 0.600 bits per heavy atom. The van der Waals surface area contributed by atoms with Crippen molar-refractivity contribution in [1.82, 2.24) is 0 Å². The Morgan fingerprint density at radius 2 is 1.04 bits per heavy atom. The minimum atomic E-state index is -0.653. The Kier molecular flexibility index (Phi) is 22.1. The monoisotopic (exact) mass is 694 g/mol. The van der Waals surface area contributed by atoms with Crippen molar-refractivity contribution in [1.29, 1.82) is 0 Å². The largest absolute Gasteiger partial charge is 0.491 e. The van der Waals surface area contributed by atoms with Crippen LogP contribution in [0.3, 0.4) is 0 Å². The first kappa shape index (κ1) is 41.4. The Hall–Kier alpha value is -3.06. The Morgan fingerprint density at radius 3 is 1.52 bits per heavy atom. The molecule has 50 heavy (non-hydrogen) atoms. The van der Waals surface area contributed by atoms with Gasteiger partial charge < -0.3 is 23.7 Å². The van der Waals surface area contributed by atoms with Gasteiger partial charge in [0.1, 0.15) is 37.4 Å². The summed E-state index contributed by atoms with van der Waals surface area (Å²) in [4.78, 5) is 25.3. The average Bonchev–Trinajstić information content (AvgIpc) is 3.96. The smallest absolute Gasteiger partial charge is 0.306 e.